The Balaban J connectivity index is 2.00. The highest BCUT2D eigenvalue weighted by Crippen LogP contribution is 2.33. The van der Waals surface area contributed by atoms with Gasteiger partial charge in [-0.05, 0) is 25.2 Å². The van der Waals surface area contributed by atoms with E-state index >= 15 is 0 Å². The Morgan fingerprint density at radius 1 is 1.36 bits per heavy atom. The van der Waals surface area contributed by atoms with E-state index in [4.69, 9.17) is 4.74 Å². The number of rotatable bonds is 3. The normalized spacial score (nSPS) is 31.2. The fourth-order valence-corrected chi connectivity index (χ4v) is 2.72. The molecule has 2 nitrogen and oxygen atoms in total. The molecular weight excluding hydrogens is 174 g/mol. The molecular formula is C12H21NO. The van der Waals surface area contributed by atoms with E-state index in [1.807, 2.05) is 0 Å². The molecule has 2 atom stereocenters. The molecule has 0 N–H and O–H groups in total. The minimum absolute atomic E-state index is 0.625. The summed E-state index contributed by atoms with van der Waals surface area (Å²) < 4.78 is 5.56. The summed E-state index contributed by atoms with van der Waals surface area (Å²) in [4.78, 5) is 2.53. The van der Waals surface area contributed by atoms with Gasteiger partial charge in [-0.3, -0.25) is 0 Å². The van der Waals surface area contributed by atoms with Gasteiger partial charge in [0.1, 0.15) is 0 Å². The first-order valence-corrected chi connectivity index (χ1v) is 5.72. The molecule has 2 aliphatic heterocycles. The number of nitrogens with zero attached hydrogens (tertiary/aromatic N) is 1. The van der Waals surface area contributed by atoms with E-state index in [1.54, 1.807) is 0 Å². The predicted molar refractivity (Wildman–Crippen MR) is 58.1 cm³/mol. The highest BCUT2D eigenvalue weighted by Gasteiger charge is 2.37. The summed E-state index contributed by atoms with van der Waals surface area (Å²) in [6.07, 6.45) is 3.72. The molecule has 0 aliphatic carbocycles. The van der Waals surface area contributed by atoms with E-state index in [9.17, 15) is 0 Å². The maximum atomic E-state index is 5.56. The van der Waals surface area contributed by atoms with E-state index in [1.165, 1.54) is 18.5 Å². The first-order chi connectivity index (χ1) is 6.68. The molecule has 2 heteroatoms. The molecule has 2 fully saturated rings. The van der Waals surface area contributed by atoms with E-state index in [-0.39, 0.29) is 0 Å². The zero-order valence-electron chi connectivity index (χ0n) is 9.33. The van der Waals surface area contributed by atoms with Gasteiger partial charge in [-0.25, -0.2) is 0 Å². The van der Waals surface area contributed by atoms with Gasteiger partial charge in [0.2, 0.25) is 0 Å². The number of allylic oxidation sites excluding steroid dienone is 1. The van der Waals surface area contributed by atoms with Crippen molar-refractivity contribution in [3.05, 3.63) is 12.3 Å². The van der Waals surface area contributed by atoms with E-state index in [0.717, 1.165) is 19.6 Å². The van der Waals surface area contributed by atoms with Crippen molar-refractivity contribution in [2.45, 2.75) is 45.2 Å². The summed E-state index contributed by atoms with van der Waals surface area (Å²) in [6, 6.07) is 1.25. The average molecular weight is 195 g/mol. The Bertz CT molecular complexity index is 208. The first kappa shape index (κ1) is 10.0. The SMILES string of the molecule is C=C(CC(C)C)N1C2CCC1COC2. The lowest BCUT2D eigenvalue weighted by Crippen LogP contribution is -2.44. The molecule has 2 aliphatic rings. The Kier molecular flexibility index (Phi) is 2.82. The third-order valence-electron chi connectivity index (χ3n) is 3.25. The fourth-order valence-electron chi connectivity index (χ4n) is 2.72. The fraction of sp³-hybridized carbons (Fsp3) is 0.833. The summed E-state index contributed by atoms with van der Waals surface area (Å²) in [5.74, 6) is 0.713. The van der Waals surface area contributed by atoms with Crippen LogP contribution >= 0.6 is 0 Å². The van der Waals surface area contributed by atoms with E-state index < -0.39 is 0 Å². The van der Waals surface area contributed by atoms with Gasteiger partial charge in [0, 0.05) is 5.70 Å². The first-order valence-electron chi connectivity index (χ1n) is 5.72. The monoisotopic (exact) mass is 195 g/mol. The van der Waals surface area contributed by atoms with Crippen molar-refractivity contribution in [2.75, 3.05) is 13.2 Å². The van der Waals surface area contributed by atoms with Gasteiger partial charge in [-0.2, -0.15) is 0 Å². The predicted octanol–water partition coefficient (Wildman–Crippen LogP) is 2.41. The number of hydrogen-bond acceptors (Lipinski definition) is 2. The van der Waals surface area contributed by atoms with Crippen molar-refractivity contribution in [3.8, 4) is 0 Å². The molecule has 0 saturated carbocycles. The molecule has 0 aromatic rings. The molecule has 0 aromatic carbocycles. The second-order valence-corrected chi connectivity index (χ2v) is 4.99. The second-order valence-electron chi connectivity index (χ2n) is 4.99. The number of fused-ring (bicyclic) bond motifs is 2. The largest absolute Gasteiger partial charge is 0.377 e. The van der Waals surface area contributed by atoms with Gasteiger partial charge < -0.3 is 9.64 Å². The molecule has 0 radical (unpaired) electrons. The Morgan fingerprint density at radius 2 is 1.93 bits per heavy atom. The van der Waals surface area contributed by atoms with Crippen LogP contribution in [0.4, 0.5) is 0 Å². The molecule has 2 rings (SSSR count). The minimum atomic E-state index is 0.625. The minimum Gasteiger partial charge on any atom is -0.377 e. The molecule has 0 aromatic heterocycles. The van der Waals surface area contributed by atoms with Crippen LogP contribution in [0.15, 0.2) is 12.3 Å². The number of hydrogen-bond donors (Lipinski definition) is 0. The quantitative estimate of drug-likeness (QED) is 0.685. The van der Waals surface area contributed by atoms with E-state index in [0.29, 0.717) is 18.0 Å². The van der Waals surface area contributed by atoms with Gasteiger partial charge in [0.05, 0.1) is 25.3 Å². The van der Waals surface area contributed by atoms with Gasteiger partial charge in [-0.1, -0.05) is 20.4 Å². The van der Waals surface area contributed by atoms with Crippen LogP contribution in [0.25, 0.3) is 0 Å². The lowest BCUT2D eigenvalue weighted by molar-refractivity contribution is 0.00123. The van der Waals surface area contributed by atoms with Gasteiger partial charge in [-0.15, -0.1) is 0 Å². The lowest BCUT2D eigenvalue weighted by atomic mass is 10.1. The third-order valence-corrected chi connectivity index (χ3v) is 3.25. The third kappa shape index (κ3) is 1.81. The Hall–Kier alpha value is -0.500. The van der Waals surface area contributed by atoms with Crippen molar-refractivity contribution in [2.24, 2.45) is 5.92 Å². The highest BCUT2D eigenvalue weighted by molar-refractivity contribution is 5.06. The average Bonchev–Trinajstić information content (AvgIpc) is 2.36. The highest BCUT2D eigenvalue weighted by atomic mass is 16.5. The molecule has 14 heavy (non-hydrogen) atoms. The van der Waals surface area contributed by atoms with Crippen LogP contribution in [0, 0.1) is 5.92 Å². The maximum Gasteiger partial charge on any atom is 0.0671 e. The molecule has 2 unspecified atom stereocenters. The summed E-state index contributed by atoms with van der Waals surface area (Å²) >= 11 is 0. The van der Waals surface area contributed by atoms with Crippen molar-refractivity contribution in [1.82, 2.24) is 4.90 Å². The molecule has 80 valence electrons. The number of morpholine rings is 1. The number of ether oxygens (including phenoxy) is 1. The van der Waals surface area contributed by atoms with Crippen LogP contribution in [0.1, 0.15) is 33.1 Å². The standard InChI is InChI=1S/C12H21NO/c1-9(2)6-10(3)13-11-4-5-12(13)8-14-7-11/h9,11-12H,3-8H2,1-2H3. The Morgan fingerprint density at radius 3 is 2.43 bits per heavy atom. The zero-order valence-corrected chi connectivity index (χ0v) is 9.33. The molecule has 2 saturated heterocycles. The summed E-state index contributed by atoms with van der Waals surface area (Å²) in [6.45, 7) is 10.6. The van der Waals surface area contributed by atoms with E-state index in [2.05, 4.69) is 25.3 Å². The van der Waals surface area contributed by atoms with Gasteiger partial charge in [0.15, 0.2) is 0 Å². The van der Waals surface area contributed by atoms with Gasteiger partial charge >= 0.3 is 0 Å². The van der Waals surface area contributed by atoms with Gasteiger partial charge in [0.25, 0.3) is 0 Å². The maximum absolute atomic E-state index is 5.56. The molecule has 2 heterocycles. The van der Waals surface area contributed by atoms with Crippen LogP contribution in [-0.2, 0) is 4.74 Å². The lowest BCUT2D eigenvalue weighted by Gasteiger charge is -2.38. The zero-order chi connectivity index (χ0) is 10.1. The summed E-state index contributed by atoms with van der Waals surface area (Å²) in [5, 5.41) is 0. The summed E-state index contributed by atoms with van der Waals surface area (Å²) in [5.41, 5.74) is 1.33. The summed E-state index contributed by atoms with van der Waals surface area (Å²) in [7, 11) is 0. The van der Waals surface area contributed by atoms with Crippen molar-refractivity contribution < 1.29 is 4.74 Å². The molecule has 0 amide bonds. The van der Waals surface area contributed by atoms with Crippen molar-refractivity contribution in [1.29, 1.82) is 0 Å². The van der Waals surface area contributed by atoms with Crippen LogP contribution in [0.5, 0.6) is 0 Å². The molecule has 2 bridgehead atoms. The second kappa shape index (κ2) is 3.93. The van der Waals surface area contributed by atoms with Crippen LogP contribution < -0.4 is 0 Å². The van der Waals surface area contributed by atoms with Crippen LogP contribution in [-0.4, -0.2) is 30.2 Å². The topological polar surface area (TPSA) is 12.5 Å². The Labute approximate surface area is 86.9 Å². The van der Waals surface area contributed by atoms with Crippen molar-refractivity contribution in [3.63, 3.8) is 0 Å². The van der Waals surface area contributed by atoms with Crippen LogP contribution in [0.2, 0.25) is 0 Å². The van der Waals surface area contributed by atoms with Crippen molar-refractivity contribution >= 4 is 0 Å². The van der Waals surface area contributed by atoms with Crippen LogP contribution in [0.3, 0.4) is 0 Å². The smallest absolute Gasteiger partial charge is 0.0671 e. The molecule has 0 spiro atoms.